The number of nitrogens with zero attached hydrogens (tertiary/aromatic N) is 1. The van der Waals surface area contributed by atoms with Gasteiger partial charge >= 0.3 is 5.97 Å². The molecule has 6 heteroatoms. The summed E-state index contributed by atoms with van der Waals surface area (Å²) in [6, 6.07) is 0.0922. The van der Waals surface area contributed by atoms with Crippen molar-refractivity contribution in [3.8, 4) is 0 Å². The molecule has 0 saturated heterocycles. The zero-order valence-corrected chi connectivity index (χ0v) is 9.35. The molecule has 6 nitrogen and oxygen atoms in total. The largest absolute Gasteiger partial charge is 0.480 e. The van der Waals surface area contributed by atoms with Crippen LogP contribution in [-0.4, -0.2) is 61.4 Å². The van der Waals surface area contributed by atoms with Crippen LogP contribution in [0.5, 0.6) is 0 Å². The first-order valence-electron chi connectivity index (χ1n) is 5.23. The molecule has 1 aliphatic carbocycles. The minimum absolute atomic E-state index is 0.0763. The topological polar surface area (TPSA) is 76.1 Å². The first-order valence-corrected chi connectivity index (χ1v) is 5.23. The van der Waals surface area contributed by atoms with Gasteiger partial charge in [-0.05, 0) is 12.8 Å². The smallest absolute Gasteiger partial charge is 0.323 e. The molecule has 0 bridgehead atoms. The molecule has 0 radical (unpaired) electrons. The van der Waals surface area contributed by atoms with Gasteiger partial charge in [0.1, 0.15) is 13.2 Å². The third kappa shape index (κ3) is 4.59. The van der Waals surface area contributed by atoms with E-state index in [9.17, 15) is 9.59 Å². The lowest BCUT2D eigenvalue weighted by atomic mass is 10.4. The molecule has 1 amide bonds. The fraction of sp³-hybridized carbons (Fsp3) is 0.800. The molecular formula is C10H17NO5. The van der Waals surface area contributed by atoms with Crippen LogP contribution >= 0.6 is 0 Å². The number of hydrogen-bond donors (Lipinski definition) is 1. The van der Waals surface area contributed by atoms with Crippen LogP contribution in [0.1, 0.15) is 12.8 Å². The van der Waals surface area contributed by atoms with Crippen LogP contribution in [0.4, 0.5) is 0 Å². The second kappa shape index (κ2) is 6.44. The maximum Gasteiger partial charge on any atom is 0.323 e. The first-order chi connectivity index (χ1) is 7.65. The first kappa shape index (κ1) is 12.9. The highest BCUT2D eigenvalue weighted by Crippen LogP contribution is 2.26. The molecule has 0 aromatic carbocycles. The lowest BCUT2D eigenvalue weighted by Crippen LogP contribution is -2.39. The summed E-state index contributed by atoms with van der Waals surface area (Å²) in [4.78, 5) is 23.6. The van der Waals surface area contributed by atoms with Gasteiger partial charge in [-0.3, -0.25) is 9.59 Å². The van der Waals surface area contributed by atoms with Gasteiger partial charge in [-0.1, -0.05) is 0 Å². The van der Waals surface area contributed by atoms with E-state index in [1.807, 2.05) is 0 Å². The van der Waals surface area contributed by atoms with E-state index in [4.69, 9.17) is 14.6 Å². The molecule has 0 aromatic heterocycles. The number of carboxylic acids is 1. The lowest BCUT2D eigenvalue weighted by Gasteiger charge is -2.19. The Morgan fingerprint density at radius 2 is 2.06 bits per heavy atom. The minimum atomic E-state index is -0.989. The van der Waals surface area contributed by atoms with Gasteiger partial charge in [0.25, 0.3) is 0 Å². The van der Waals surface area contributed by atoms with Crippen LogP contribution in [0, 0.1) is 0 Å². The predicted octanol–water partition coefficient (Wildman–Crippen LogP) is -0.275. The van der Waals surface area contributed by atoms with E-state index in [-0.39, 0.29) is 25.1 Å². The third-order valence-electron chi connectivity index (χ3n) is 2.27. The Hall–Kier alpha value is -1.14. The van der Waals surface area contributed by atoms with Crippen molar-refractivity contribution < 1.29 is 24.2 Å². The van der Waals surface area contributed by atoms with E-state index >= 15 is 0 Å². The Kier molecular flexibility index (Phi) is 5.21. The van der Waals surface area contributed by atoms with Crippen LogP contribution < -0.4 is 0 Å². The highest BCUT2D eigenvalue weighted by molar-refractivity contribution is 5.82. The molecule has 1 N–H and O–H groups in total. The number of rotatable bonds is 8. The molecule has 16 heavy (non-hydrogen) atoms. The number of carbonyl (C=O) groups excluding carboxylic acids is 1. The van der Waals surface area contributed by atoms with Gasteiger partial charge in [-0.15, -0.1) is 0 Å². The number of aliphatic carboxylic acids is 1. The third-order valence-corrected chi connectivity index (χ3v) is 2.27. The van der Waals surface area contributed by atoms with Crippen molar-refractivity contribution in [2.24, 2.45) is 0 Å². The van der Waals surface area contributed by atoms with Crippen molar-refractivity contribution in [2.45, 2.75) is 18.9 Å². The number of hydrogen-bond acceptors (Lipinski definition) is 4. The normalized spacial score (nSPS) is 14.8. The molecule has 0 spiro atoms. The molecule has 92 valence electrons. The van der Waals surface area contributed by atoms with Gasteiger partial charge in [0.2, 0.25) is 5.91 Å². The van der Waals surface area contributed by atoms with Gasteiger partial charge in [0, 0.05) is 13.2 Å². The van der Waals surface area contributed by atoms with Crippen LogP contribution in [0.3, 0.4) is 0 Å². The Morgan fingerprint density at radius 1 is 1.38 bits per heavy atom. The van der Waals surface area contributed by atoms with Crippen molar-refractivity contribution in [3.05, 3.63) is 0 Å². The maximum absolute atomic E-state index is 11.6. The predicted molar refractivity (Wildman–Crippen MR) is 55.1 cm³/mol. The van der Waals surface area contributed by atoms with Crippen LogP contribution in [0.15, 0.2) is 0 Å². The number of ether oxygens (including phenoxy) is 2. The Labute approximate surface area is 94.1 Å². The maximum atomic E-state index is 11.6. The molecule has 0 atom stereocenters. The van der Waals surface area contributed by atoms with Crippen molar-refractivity contribution in [3.63, 3.8) is 0 Å². The molecule has 0 heterocycles. The zero-order valence-electron chi connectivity index (χ0n) is 9.35. The summed E-state index contributed by atoms with van der Waals surface area (Å²) in [5.41, 5.74) is 0. The van der Waals surface area contributed by atoms with Crippen LogP contribution in [0.2, 0.25) is 0 Å². The van der Waals surface area contributed by atoms with E-state index in [0.29, 0.717) is 13.2 Å². The van der Waals surface area contributed by atoms with Gasteiger partial charge in [-0.2, -0.15) is 0 Å². The summed E-state index contributed by atoms with van der Waals surface area (Å²) in [5, 5.41) is 8.66. The molecule has 0 unspecified atom stereocenters. The van der Waals surface area contributed by atoms with Crippen LogP contribution in [-0.2, 0) is 19.1 Å². The van der Waals surface area contributed by atoms with Crippen LogP contribution in [0.25, 0.3) is 0 Å². The van der Waals surface area contributed by atoms with E-state index in [0.717, 1.165) is 12.8 Å². The van der Waals surface area contributed by atoms with Gasteiger partial charge in [0.15, 0.2) is 0 Å². The number of methoxy groups -OCH3 is 1. The number of carboxylic acid groups (broad SMARTS) is 1. The zero-order chi connectivity index (χ0) is 12.0. The molecule has 1 rings (SSSR count). The van der Waals surface area contributed by atoms with Crippen molar-refractivity contribution in [2.75, 3.05) is 33.5 Å². The molecule has 0 aliphatic heterocycles. The minimum Gasteiger partial charge on any atom is -0.480 e. The second-order valence-electron chi connectivity index (χ2n) is 3.69. The van der Waals surface area contributed by atoms with Gasteiger partial charge < -0.3 is 19.5 Å². The average molecular weight is 231 g/mol. The van der Waals surface area contributed by atoms with Gasteiger partial charge in [-0.25, -0.2) is 0 Å². The standard InChI is InChI=1S/C10H17NO5/c1-15-4-5-16-7-9(12)11(6-10(13)14)8-2-3-8/h8H,2-7H2,1H3,(H,13,14). The van der Waals surface area contributed by atoms with Gasteiger partial charge in [0.05, 0.1) is 13.2 Å². The fourth-order valence-electron chi connectivity index (χ4n) is 1.34. The Morgan fingerprint density at radius 3 is 2.56 bits per heavy atom. The highest BCUT2D eigenvalue weighted by atomic mass is 16.5. The Balaban J connectivity index is 2.27. The van der Waals surface area contributed by atoms with Crippen molar-refractivity contribution >= 4 is 11.9 Å². The fourth-order valence-corrected chi connectivity index (χ4v) is 1.34. The summed E-state index contributed by atoms with van der Waals surface area (Å²) in [6.45, 7) is 0.452. The lowest BCUT2D eigenvalue weighted by molar-refractivity contribution is -0.147. The number of carbonyl (C=O) groups is 2. The molecular weight excluding hydrogens is 214 g/mol. The summed E-state index contributed by atoms with van der Waals surface area (Å²) < 4.78 is 9.83. The summed E-state index contributed by atoms with van der Waals surface area (Å²) in [6.07, 6.45) is 1.77. The van der Waals surface area contributed by atoms with Crippen molar-refractivity contribution in [1.29, 1.82) is 0 Å². The van der Waals surface area contributed by atoms with E-state index in [1.54, 1.807) is 7.11 Å². The molecule has 1 aliphatic rings. The quantitative estimate of drug-likeness (QED) is 0.582. The van der Waals surface area contributed by atoms with Crippen molar-refractivity contribution in [1.82, 2.24) is 4.90 Å². The molecule has 0 aromatic rings. The van der Waals surface area contributed by atoms with E-state index < -0.39 is 5.97 Å². The summed E-state index contributed by atoms with van der Waals surface area (Å²) in [7, 11) is 1.55. The van der Waals surface area contributed by atoms with E-state index in [2.05, 4.69) is 0 Å². The second-order valence-corrected chi connectivity index (χ2v) is 3.69. The molecule has 1 fully saturated rings. The number of amides is 1. The SMILES string of the molecule is COCCOCC(=O)N(CC(=O)O)C1CC1. The van der Waals surface area contributed by atoms with E-state index in [1.165, 1.54) is 4.90 Å². The average Bonchev–Trinajstić information content (AvgIpc) is 3.04. The summed E-state index contributed by atoms with van der Waals surface area (Å²) in [5.74, 6) is -1.25. The Bertz CT molecular complexity index is 252. The monoisotopic (exact) mass is 231 g/mol. The summed E-state index contributed by atoms with van der Waals surface area (Å²) >= 11 is 0. The molecule has 1 saturated carbocycles. The highest BCUT2D eigenvalue weighted by Gasteiger charge is 2.33.